The Bertz CT molecular complexity index is 281. The molecule has 0 rings (SSSR count). The summed E-state index contributed by atoms with van der Waals surface area (Å²) in [5.74, 6) is -0.682. The zero-order valence-corrected chi connectivity index (χ0v) is 9.93. The van der Waals surface area contributed by atoms with Crippen molar-refractivity contribution < 1.29 is 19.1 Å². The van der Waals surface area contributed by atoms with Gasteiger partial charge in [0.05, 0.1) is 0 Å². The Morgan fingerprint density at radius 3 is 2.38 bits per heavy atom. The third kappa shape index (κ3) is 6.81. The van der Waals surface area contributed by atoms with E-state index in [1.807, 2.05) is 6.92 Å². The summed E-state index contributed by atoms with van der Waals surface area (Å²) in [4.78, 5) is 21.3. The van der Waals surface area contributed by atoms with Gasteiger partial charge in [0, 0.05) is 19.8 Å². The molecule has 0 aliphatic carbocycles. The van der Waals surface area contributed by atoms with E-state index >= 15 is 0 Å². The van der Waals surface area contributed by atoms with Crippen LogP contribution in [-0.4, -0.2) is 24.6 Å². The molecule has 0 aromatic heterocycles. The molecule has 0 radical (unpaired) electrons. The highest BCUT2D eigenvalue weighted by molar-refractivity contribution is 5.66. The van der Waals surface area contributed by atoms with Crippen LogP contribution in [0.3, 0.4) is 0 Å². The molecule has 90 valence electrons. The van der Waals surface area contributed by atoms with E-state index in [0.29, 0.717) is 0 Å². The molecule has 0 spiro atoms. The number of rotatable bonds is 6. The van der Waals surface area contributed by atoms with Gasteiger partial charge in [-0.1, -0.05) is 13.0 Å². The second-order valence-electron chi connectivity index (χ2n) is 3.40. The maximum absolute atomic E-state index is 10.8. The highest BCUT2D eigenvalue weighted by Gasteiger charge is 2.13. The second-order valence-corrected chi connectivity index (χ2v) is 3.40. The van der Waals surface area contributed by atoms with Crippen LogP contribution >= 0.6 is 0 Å². The van der Waals surface area contributed by atoms with Crippen LogP contribution < -0.4 is 0 Å². The third-order valence-corrected chi connectivity index (χ3v) is 1.90. The molecule has 0 saturated carbocycles. The van der Waals surface area contributed by atoms with Crippen molar-refractivity contribution >= 4 is 11.9 Å². The van der Waals surface area contributed by atoms with Gasteiger partial charge in [0.25, 0.3) is 0 Å². The molecule has 0 saturated heterocycles. The number of carbonyl (C=O) groups excluding carboxylic acids is 2. The van der Waals surface area contributed by atoms with Gasteiger partial charge in [0.1, 0.15) is 12.7 Å². The molecule has 16 heavy (non-hydrogen) atoms. The highest BCUT2D eigenvalue weighted by atomic mass is 16.5. The number of ether oxygens (including phenoxy) is 2. The molecule has 0 fully saturated rings. The first kappa shape index (κ1) is 14.4. The van der Waals surface area contributed by atoms with Gasteiger partial charge in [0.15, 0.2) is 0 Å². The van der Waals surface area contributed by atoms with E-state index < -0.39 is 0 Å². The molecular weight excluding hydrogens is 208 g/mol. The van der Waals surface area contributed by atoms with E-state index in [2.05, 4.69) is 6.58 Å². The number of carbonyl (C=O) groups is 2. The predicted octanol–water partition coefficient (Wildman–Crippen LogP) is 1.86. The van der Waals surface area contributed by atoms with E-state index in [0.717, 1.165) is 0 Å². The van der Waals surface area contributed by atoms with Crippen LogP contribution in [0.2, 0.25) is 0 Å². The third-order valence-electron chi connectivity index (χ3n) is 1.90. The Hall–Kier alpha value is -1.58. The smallest absolute Gasteiger partial charge is 0.303 e. The van der Waals surface area contributed by atoms with Crippen molar-refractivity contribution in [3.05, 3.63) is 24.8 Å². The summed E-state index contributed by atoms with van der Waals surface area (Å²) in [5, 5.41) is 0. The summed E-state index contributed by atoms with van der Waals surface area (Å²) in [7, 11) is 0. The van der Waals surface area contributed by atoms with Crippen molar-refractivity contribution in [2.24, 2.45) is 5.92 Å². The Morgan fingerprint density at radius 1 is 1.31 bits per heavy atom. The molecule has 0 aromatic carbocycles. The fraction of sp³-hybridized carbons (Fsp3) is 0.500. The van der Waals surface area contributed by atoms with Crippen LogP contribution in [-0.2, 0) is 19.1 Å². The largest absolute Gasteiger partial charge is 0.462 e. The van der Waals surface area contributed by atoms with E-state index in [-0.39, 0.29) is 30.6 Å². The molecule has 2 atom stereocenters. The Kier molecular flexibility index (Phi) is 6.92. The van der Waals surface area contributed by atoms with Crippen molar-refractivity contribution in [3.63, 3.8) is 0 Å². The fourth-order valence-corrected chi connectivity index (χ4v) is 1.00. The van der Waals surface area contributed by atoms with Crippen LogP contribution in [0.15, 0.2) is 24.8 Å². The first-order valence-electron chi connectivity index (χ1n) is 5.07. The monoisotopic (exact) mass is 226 g/mol. The minimum atomic E-state index is -0.370. The van der Waals surface area contributed by atoms with E-state index in [1.54, 1.807) is 18.2 Å². The molecule has 0 heterocycles. The lowest BCUT2D eigenvalue weighted by molar-refractivity contribution is -0.145. The summed E-state index contributed by atoms with van der Waals surface area (Å²) in [6.07, 6.45) is 4.67. The zero-order chi connectivity index (χ0) is 12.6. The summed E-state index contributed by atoms with van der Waals surface area (Å²) < 4.78 is 9.79. The predicted molar refractivity (Wildman–Crippen MR) is 60.7 cm³/mol. The van der Waals surface area contributed by atoms with Gasteiger partial charge >= 0.3 is 11.9 Å². The van der Waals surface area contributed by atoms with Gasteiger partial charge < -0.3 is 9.47 Å². The van der Waals surface area contributed by atoms with Crippen molar-refractivity contribution in [2.45, 2.75) is 26.9 Å². The summed E-state index contributed by atoms with van der Waals surface area (Å²) in [5.41, 5.74) is 0. The van der Waals surface area contributed by atoms with Gasteiger partial charge in [-0.3, -0.25) is 9.59 Å². The minimum Gasteiger partial charge on any atom is -0.462 e. The summed E-state index contributed by atoms with van der Waals surface area (Å²) in [6, 6.07) is 0. The highest BCUT2D eigenvalue weighted by Crippen LogP contribution is 2.10. The molecule has 0 aromatic rings. The van der Waals surface area contributed by atoms with Crippen LogP contribution in [0.1, 0.15) is 20.8 Å². The molecule has 0 aliphatic heterocycles. The Balaban J connectivity index is 4.24. The quantitative estimate of drug-likeness (QED) is 0.512. The molecule has 0 aliphatic rings. The molecule has 0 amide bonds. The number of hydrogen-bond acceptors (Lipinski definition) is 4. The molecule has 4 nitrogen and oxygen atoms in total. The number of hydrogen-bond donors (Lipinski definition) is 0. The van der Waals surface area contributed by atoms with Gasteiger partial charge in [0.2, 0.25) is 0 Å². The maximum atomic E-state index is 10.8. The molecular formula is C12H18O4. The summed E-state index contributed by atoms with van der Waals surface area (Å²) >= 11 is 0. The first-order chi connectivity index (χ1) is 7.47. The van der Waals surface area contributed by atoms with E-state index in [1.165, 1.54) is 13.8 Å². The molecule has 0 unspecified atom stereocenters. The topological polar surface area (TPSA) is 52.6 Å². The minimum absolute atomic E-state index is 0.0116. The standard InChI is InChI=1S/C12H18O4/c1-5-9(2)12(16-11(4)14)7-6-8-15-10(3)13/h5-7,9,12H,1,8H2,2-4H3/b7-6+/t9-,12+/m1/s1. The number of esters is 2. The maximum Gasteiger partial charge on any atom is 0.303 e. The van der Waals surface area contributed by atoms with Gasteiger partial charge in [-0.25, -0.2) is 0 Å². The lowest BCUT2D eigenvalue weighted by Crippen LogP contribution is -2.20. The molecule has 0 N–H and O–H groups in total. The Labute approximate surface area is 95.9 Å². The van der Waals surface area contributed by atoms with Crippen molar-refractivity contribution in [2.75, 3.05) is 6.61 Å². The van der Waals surface area contributed by atoms with Crippen molar-refractivity contribution in [3.8, 4) is 0 Å². The van der Waals surface area contributed by atoms with E-state index in [4.69, 9.17) is 9.47 Å². The zero-order valence-electron chi connectivity index (χ0n) is 9.93. The summed E-state index contributed by atoms with van der Waals surface area (Å²) in [6.45, 7) is 8.38. The van der Waals surface area contributed by atoms with Gasteiger partial charge in [-0.2, -0.15) is 0 Å². The van der Waals surface area contributed by atoms with Crippen molar-refractivity contribution in [1.82, 2.24) is 0 Å². The molecule has 4 heteroatoms. The average molecular weight is 226 g/mol. The normalized spacial score (nSPS) is 14.2. The lowest BCUT2D eigenvalue weighted by Gasteiger charge is -2.17. The second kappa shape index (κ2) is 7.68. The lowest BCUT2D eigenvalue weighted by atomic mass is 10.0. The fourth-order valence-electron chi connectivity index (χ4n) is 1.00. The van der Waals surface area contributed by atoms with Crippen LogP contribution in [0.25, 0.3) is 0 Å². The van der Waals surface area contributed by atoms with Gasteiger partial charge in [-0.15, -0.1) is 6.58 Å². The SMILES string of the molecule is C=C[C@@H](C)[C@H](/C=C/COC(C)=O)OC(C)=O. The van der Waals surface area contributed by atoms with E-state index in [9.17, 15) is 9.59 Å². The van der Waals surface area contributed by atoms with Crippen LogP contribution in [0.4, 0.5) is 0 Å². The van der Waals surface area contributed by atoms with Gasteiger partial charge in [-0.05, 0) is 12.2 Å². The average Bonchev–Trinajstić information content (AvgIpc) is 2.20. The van der Waals surface area contributed by atoms with Crippen LogP contribution in [0, 0.1) is 5.92 Å². The van der Waals surface area contributed by atoms with Crippen LogP contribution in [0.5, 0.6) is 0 Å². The van der Waals surface area contributed by atoms with Crippen molar-refractivity contribution in [1.29, 1.82) is 0 Å². The Morgan fingerprint density at radius 2 is 1.94 bits per heavy atom. The first-order valence-corrected chi connectivity index (χ1v) is 5.07. The molecule has 0 bridgehead atoms.